The van der Waals surface area contributed by atoms with Crippen molar-refractivity contribution in [2.45, 2.75) is 19.8 Å². The lowest BCUT2D eigenvalue weighted by atomic mass is 10.2. The normalized spacial score (nSPS) is 14.9. The van der Waals surface area contributed by atoms with Gasteiger partial charge in [0.1, 0.15) is 0 Å². The molecule has 0 atom stereocenters. The number of carbonyl (C=O) groups excluding carboxylic acids is 1. The van der Waals surface area contributed by atoms with Gasteiger partial charge in [-0.05, 0) is 43.5 Å². The minimum atomic E-state index is 0.303. The third kappa shape index (κ3) is 2.15. The van der Waals surface area contributed by atoms with Crippen LogP contribution >= 0.6 is 11.3 Å². The highest BCUT2D eigenvalue weighted by Gasteiger charge is 2.31. The monoisotopic (exact) mass is 243 g/mol. The van der Waals surface area contributed by atoms with Crippen LogP contribution < -0.4 is 0 Å². The summed E-state index contributed by atoms with van der Waals surface area (Å²) >= 11 is 1.58. The maximum absolute atomic E-state index is 11.9. The Bertz CT molecular complexity index is 569. The third-order valence-electron chi connectivity index (χ3n) is 2.96. The molecule has 2 aromatic heterocycles. The van der Waals surface area contributed by atoms with Crippen LogP contribution in [0.3, 0.4) is 0 Å². The molecule has 2 nitrogen and oxygen atoms in total. The molecule has 0 amide bonds. The Balaban J connectivity index is 1.91. The van der Waals surface area contributed by atoms with E-state index in [4.69, 9.17) is 0 Å². The highest BCUT2D eigenvalue weighted by atomic mass is 32.1. The molecular weight excluding hydrogens is 230 g/mol. The zero-order chi connectivity index (χ0) is 11.8. The molecule has 2 aromatic rings. The molecule has 0 bridgehead atoms. The van der Waals surface area contributed by atoms with Crippen molar-refractivity contribution in [1.29, 1.82) is 0 Å². The highest BCUT2D eigenvalue weighted by molar-refractivity contribution is 7.17. The lowest BCUT2D eigenvalue weighted by molar-refractivity contribution is 0.0971. The molecule has 0 saturated heterocycles. The lowest BCUT2D eigenvalue weighted by Gasteiger charge is -1.97. The first-order chi connectivity index (χ1) is 8.24. The van der Waals surface area contributed by atoms with Crippen LogP contribution in [0.2, 0.25) is 0 Å². The molecule has 1 aliphatic rings. The van der Waals surface area contributed by atoms with Gasteiger partial charge in [0, 0.05) is 28.8 Å². The van der Waals surface area contributed by atoms with E-state index in [1.807, 2.05) is 31.5 Å². The van der Waals surface area contributed by atoms with E-state index in [2.05, 4.69) is 11.1 Å². The molecule has 0 aromatic carbocycles. The Morgan fingerprint density at radius 3 is 2.88 bits per heavy atom. The topological polar surface area (TPSA) is 30.0 Å². The van der Waals surface area contributed by atoms with E-state index in [1.165, 1.54) is 0 Å². The van der Waals surface area contributed by atoms with Gasteiger partial charge in [0.2, 0.25) is 0 Å². The summed E-state index contributed by atoms with van der Waals surface area (Å²) in [7, 11) is 0. The molecule has 2 heterocycles. The van der Waals surface area contributed by atoms with E-state index >= 15 is 0 Å². The summed E-state index contributed by atoms with van der Waals surface area (Å²) in [6.07, 6.45) is 5.83. The average molecular weight is 243 g/mol. The fourth-order valence-corrected chi connectivity index (χ4v) is 2.87. The van der Waals surface area contributed by atoms with Crippen LogP contribution in [0.5, 0.6) is 0 Å². The molecule has 0 radical (unpaired) electrons. The van der Waals surface area contributed by atoms with Crippen LogP contribution in [-0.2, 0) is 0 Å². The summed E-state index contributed by atoms with van der Waals surface area (Å²) in [4.78, 5) is 18.1. The van der Waals surface area contributed by atoms with Crippen LogP contribution in [0.4, 0.5) is 0 Å². The zero-order valence-corrected chi connectivity index (χ0v) is 10.5. The number of aryl methyl sites for hydroxylation is 1. The first-order valence-electron chi connectivity index (χ1n) is 5.80. The maximum atomic E-state index is 11.9. The summed E-state index contributed by atoms with van der Waals surface area (Å²) in [6, 6.07) is 6.07. The van der Waals surface area contributed by atoms with Gasteiger partial charge in [-0.2, -0.15) is 0 Å². The van der Waals surface area contributed by atoms with E-state index in [0.29, 0.717) is 11.7 Å². The van der Waals surface area contributed by atoms with Gasteiger partial charge in [-0.3, -0.25) is 9.78 Å². The second-order valence-corrected chi connectivity index (χ2v) is 5.64. The van der Waals surface area contributed by atoms with Crippen molar-refractivity contribution in [3.05, 3.63) is 41.0 Å². The predicted molar refractivity (Wildman–Crippen MR) is 69.3 cm³/mol. The van der Waals surface area contributed by atoms with E-state index in [9.17, 15) is 4.79 Å². The van der Waals surface area contributed by atoms with E-state index < -0.39 is 0 Å². The summed E-state index contributed by atoms with van der Waals surface area (Å²) in [6.45, 7) is 2.03. The fraction of sp³-hybridized carbons (Fsp3) is 0.286. The number of pyridine rings is 1. The van der Waals surface area contributed by atoms with Gasteiger partial charge in [-0.15, -0.1) is 11.3 Å². The van der Waals surface area contributed by atoms with Crippen LogP contribution in [0, 0.1) is 12.8 Å². The molecule has 1 saturated carbocycles. The number of carbonyl (C=O) groups is 1. The molecule has 1 fully saturated rings. The maximum Gasteiger partial charge on any atom is 0.175 e. The third-order valence-corrected chi connectivity index (χ3v) is 4.11. The summed E-state index contributed by atoms with van der Waals surface area (Å²) in [5.41, 5.74) is 2.25. The SMILES string of the molecule is Cc1cncc(-c2ccc(C(=O)C3CC3)s2)c1. The number of thiophene rings is 1. The average Bonchev–Trinajstić information content (AvgIpc) is 3.05. The number of Topliss-reactive ketones (excluding diaryl/α,β-unsaturated/α-hetero) is 1. The number of nitrogens with zero attached hydrogens (tertiary/aromatic N) is 1. The predicted octanol–water partition coefficient (Wildman–Crippen LogP) is 3.71. The lowest BCUT2D eigenvalue weighted by Crippen LogP contribution is -1.96. The molecule has 86 valence electrons. The van der Waals surface area contributed by atoms with Gasteiger partial charge >= 0.3 is 0 Å². The summed E-state index contributed by atoms with van der Waals surface area (Å²) in [5, 5.41) is 0. The van der Waals surface area contributed by atoms with Crippen molar-refractivity contribution in [2.24, 2.45) is 5.92 Å². The van der Waals surface area contributed by atoms with Crippen LogP contribution in [-0.4, -0.2) is 10.8 Å². The number of rotatable bonds is 3. The Morgan fingerprint density at radius 2 is 2.18 bits per heavy atom. The smallest absolute Gasteiger partial charge is 0.175 e. The van der Waals surface area contributed by atoms with E-state index in [0.717, 1.165) is 33.7 Å². The van der Waals surface area contributed by atoms with Gasteiger partial charge in [0.05, 0.1) is 4.88 Å². The second-order valence-electron chi connectivity index (χ2n) is 4.55. The van der Waals surface area contributed by atoms with Gasteiger partial charge in [0.15, 0.2) is 5.78 Å². The Hall–Kier alpha value is -1.48. The Kier molecular flexibility index (Phi) is 2.56. The number of hydrogen-bond donors (Lipinski definition) is 0. The molecule has 3 rings (SSSR count). The molecule has 1 aliphatic carbocycles. The van der Waals surface area contributed by atoms with E-state index in [1.54, 1.807) is 11.3 Å². The van der Waals surface area contributed by atoms with Gasteiger partial charge in [0.25, 0.3) is 0 Å². The van der Waals surface area contributed by atoms with Crippen molar-refractivity contribution in [3.63, 3.8) is 0 Å². The fourth-order valence-electron chi connectivity index (χ4n) is 1.86. The summed E-state index contributed by atoms with van der Waals surface area (Å²) < 4.78 is 0. The molecule has 0 N–H and O–H groups in total. The largest absolute Gasteiger partial charge is 0.293 e. The van der Waals surface area contributed by atoms with Gasteiger partial charge in [-0.25, -0.2) is 0 Å². The Morgan fingerprint density at radius 1 is 1.35 bits per heavy atom. The molecule has 0 aliphatic heterocycles. The first kappa shape index (κ1) is 10.7. The van der Waals surface area contributed by atoms with Gasteiger partial charge in [-0.1, -0.05) is 0 Å². The van der Waals surface area contributed by atoms with Crippen molar-refractivity contribution in [3.8, 4) is 10.4 Å². The minimum Gasteiger partial charge on any atom is -0.293 e. The second kappa shape index (κ2) is 4.08. The minimum absolute atomic E-state index is 0.303. The highest BCUT2D eigenvalue weighted by Crippen LogP contribution is 2.36. The van der Waals surface area contributed by atoms with Gasteiger partial charge < -0.3 is 0 Å². The molecule has 3 heteroatoms. The van der Waals surface area contributed by atoms with E-state index in [-0.39, 0.29) is 0 Å². The first-order valence-corrected chi connectivity index (χ1v) is 6.62. The Labute approximate surface area is 104 Å². The van der Waals surface area contributed by atoms with Crippen LogP contribution in [0.1, 0.15) is 28.1 Å². The van der Waals surface area contributed by atoms with Crippen molar-refractivity contribution in [2.75, 3.05) is 0 Å². The zero-order valence-electron chi connectivity index (χ0n) is 9.64. The quantitative estimate of drug-likeness (QED) is 0.769. The number of aromatic nitrogens is 1. The number of hydrogen-bond acceptors (Lipinski definition) is 3. The van der Waals surface area contributed by atoms with Crippen LogP contribution in [0.25, 0.3) is 10.4 Å². The standard InChI is InChI=1S/C14H13NOS/c1-9-6-11(8-15-7-9)12-4-5-13(17-12)14(16)10-2-3-10/h4-8,10H,2-3H2,1H3. The summed E-state index contributed by atoms with van der Waals surface area (Å²) in [5.74, 6) is 0.624. The molecule has 0 spiro atoms. The molecule has 17 heavy (non-hydrogen) atoms. The molecular formula is C14H13NOS. The molecule has 0 unspecified atom stereocenters. The van der Waals surface area contributed by atoms with Crippen LogP contribution in [0.15, 0.2) is 30.6 Å². The van der Waals surface area contributed by atoms with Crippen molar-refractivity contribution >= 4 is 17.1 Å². The van der Waals surface area contributed by atoms with Crippen molar-refractivity contribution < 1.29 is 4.79 Å². The number of ketones is 1. The van der Waals surface area contributed by atoms with Crippen molar-refractivity contribution in [1.82, 2.24) is 4.98 Å².